The molecule has 1 aliphatic rings. The van der Waals surface area contributed by atoms with Gasteiger partial charge in [0.05, 0.1) is 0 Å². The number of likely N-dealkylation sites (tertiary alicyclic amines) is 1. The Labute approximate surface area is 126 Å². The summed E-state index contributed by atoms with van der Waals surface area (Å²) >= 11 is 0. The Kier molecular flexibility index (Phi) is 5.20. The van der Waals surface area contributed by atoms with Gasteiger partial charge in [-0.2, -0.15) is 0 Å². The van der Waals surface area contributed by atoms with Gasteiger partial charge in [0.1, 0.15) is 24.3 Å². The molecule has 1 aromatic carbocycles. The molecule has 0 aliphatic carbocycles. The van der Waals surface area contributed by atoms with Crippen molar-refractivity contribution >= 4 is 0 Å². The molecule has 0 saturated carbocycles. The Bertz CT molecular complexity index is 462. The van der Waals surface area contributed by atoms with Gasteiger partial charge in [0, 0.05) is 25.7 Å². The van der Waals surface area contributed by atoms with E-state index in [1.807, 2.05) is 6.07 Å². The van der Waals surface area contributed by atoms with E-state index in [1.165, 1.54) is 12.1 Å². The van der Waals surface area contributed by atoms with Gasteiger partial charge < -0.3 is 9.64 Å². The van der Waals surface area contributed by atoms with Crippen LogP contribution in [-0.4, -0.2) is 37.3 Å². The summed E-state index contributed by atoms with van der Waals surface area (Å²) in [5.41, 5.74) is 0.938. The van der Waals surface area contributed by atoms with E-state index in [4.69, 9.17) is 4.74 Å². The molecule has 2 nitrogen and oxygen atoms in total. The topological polar surface area (TPSA) is 12.5 Å². The lowest BCUT2D eigenvalue weighted by Gasteiger charge is -2.33. The number of halogens is 2. The predicted octanol–water partition coefficient (Wildman–Crippen LogP) is 3.94. The minimum absolute atomic E-state index is 0.0854. The van der Waals surface area contributed by atoms with E-state index in [0.717, 1.165) is 31.5 Å². The summed E-state index contributed by atoms with van der Waals surface area (Å²) in [6.07, 6.45) is 1.81. The molecule has 1 saturated heterocycles. The molecule has 1 heterocycles. The molecule has 2 rings (SSSR count). The quantitative estimate of drug-likeness (QED) is 0.835. The Hall–Kier alpha value is -1.16. The minimum atomic E-state index is -0.302. The van der Waals surface area contributed by atoms with Gasteiger partial charge in [-0.05, 0) is 29.9 Å². The van der Waals surface area contributed by atoms with Crippen LogP contribution in [0.3, 0.4) is 0 Å². The number of rotatable bonds is 4. The standard InChI is InChI=1S/C17H25F2NO/c1-17(2,3)15-5-4-13(19)12-16(15)21-14-6-9-20(10-7-14)11-8-18/h4-5,12,14H,6-11H2,1-3H3. The van der Waals surface area contributed by atoms with Crippen LogP contribution in [0.4, 0.5) is 8.78 Å². The summed E-state index contributed by atoms with van der Waals surface area (Å²) in [6.45, 7) is 8.16. The van der Waals surface area contributed by atoms with E-state index in [9.17, 15) is 8.78 Å². The minimum Gasteiger partial charge on any atom is -0.490 e. The van der Waals surface area contributed by atoms with Crippen LogP contribution in [0.25, 0.3) is 0 Å². The molecule has 0 unspecified atom stereocenters. The molecule has 0 radical (unpaired) electrons. The van der Waals surface area contributed by atoms with Gasteiger partial charge in [-0.15, -0.1) is 0 Å². The maximum atomic E-state index is 13.5. The van der Waals surface area contributed by atoms with Crippen LogP contribution < -0.4 is 4.74 Å². The number of ether oxygens (including phenoxy) is 1. The van der Waals surface area contributed by atoms with E-state index in [2.05, 4.69) is 25.7 Å². The third kappa shape index (κ3) is 4.40. The summed E-state index contributed by atoms with van der Waals surface area (Å²) < 4.78 is 31.9. The molecule has 21 heavy (non-hydrogen) atoms. The molecule has 0 N–H and O–H groups in total. The maximum absolute atomic E-state index is 13.5. The van der Waals surface area contributed by atoms with Gasteiger partial charge in [-0.3, -0.25) is 0 Å². The molecule has 0 spiro atoms. The van der Waals surface area contributed by atoms with Gasteiger partial charge in [-0.1, -0.05) is 26.8 Å². The molecule has 4 heteroatoms. The van der Waals surface area contributed by atoms with Crippen molar-refractivity contribution in [3.63, 3.8) is 0 Å². The molecule has 1 aliphatic heterocycles. The second kappa shape index (κ2) is 6.73. The van der Waals surface area contributed by atoms with Crippen molar-refractivity contribution in [3.05, 3.63) is 29.6 Å². The summed E-state index contributed by atoms with van der Waals surface area (Å²) in [5, 5.41) is 0. The molecular weight excluding hydrogens is 272 g/mol. The van der Waals surface area contributed by atoms with Crippen LogP contribution in [0.5, 0.6) is 5.75 Å². The molecule has 0 amide bonds. The fourth-order valence-electron chi connectivity index (χ4n) is 2.76. The van der Waals surface area contributed by atoms with Crippen molar-refractivity contribution in [2.75, 3.05) is 26.3 Å². The summed E-state index contributed by atoms with van der Waals surface area (Å²) in [7, 11) is 0. The van der Waals surface area contributed by atoms with Crippen molar-refractivity contribution in [3.8, 4) is 5.75 Å². The second-order valence-electron chi connectivity index (χ2n) is 6.74. The Balaban J connectivity index is 2.05. The lowest BCUT2D eigenvalue weighted by molar-refractivity contribution is 0.0951. The van der Waals surface area contributed by atoms with Gasteiger partial charge >= 0.3 is 0 Å². The number of hydrogen-bond donors (Lipinski definition) is 0. The summed E-state index contributed by atoms with van der Waals surface area (Å²) in [6, 6.07) is 4.77. The van der Waals surface area contributed by atoms with E-state index in [1.54, 1.807) is 0 Å². The molecule has 0 aromatic heterocycles. The first-order chi connectivity index (χ1) is 9.90. The van der Waals surface area contributed by atoms with Crippen LogP contribution in [0.15, 0.2) is 18.2 Å². The third-order valence-corrected chi connectivity index (χ3v) is 3.98. The van der Waals surface area contributed by atoms with Crippen molar-refractivity contribution in [2.24, 2.45) is 0 Å². The number of benzene rings is 1. The normalized spacial score (nSPS) is 18.0. The SMILES string of the molecule is CC(C)(C)c1ccc(F)cc1OC1CCN(CCF)CC1. The Morgan fingerprint density at radius 3 is 2.48 bits per heavy atom. The van der Waals surface area contributed by atoms with E-state index in [0.29, 0.717) is 12.3 Å². The van der Waals surface area contributed by atoms with Crippen molar-refractivity contribution in [1.29, 1.82) is 0 Å². The largest absolute Gasteiger partial charge is 0.490 e. The Morgan fingerprint density at radius 2 is 1.90 bits per heavy atom. The van der Waals surface area contributed by atoms with Crippen LogP contribution >= 0.6 is 0 Å². The second-order valence-corrected chi connectivity index (χ2v) is 6.74. The van der Waals surface area contributed by atoms with Crippen LogP contribution in [0, 0.1) is 5.82 Å². The van der Waals surface area contributed by atoms with Gasteiger partial charge in [-0.25, -0.2) is 8.78 Å². The van der Waals surface area contributed by atoms with Crippen LogP contribution in [0.1, 0.15) is 39.2 Å². The molecule has 1 fully saturated rings. The highest BCUT2D eigenvalue weighted by molar-refractivity contribution is 5.39. The zero-order chi connectivity index (χ0) is 15.5. The number of nitrogens with zero attached hydrogens (tertiary/aromatic N) is 1. The fourth-order valence-corrected chi connectivity index (χ4v) is 2.76. The van der Waals surface area contributed by atoms with E-state index >= 15 is 0 Å². The smallest absolute Gasteiger partial charge is 0.126 e. The first-order valence-corrected chi connectivity index (χ1v) is 7.65. The lowest BCUT2D eigenvalue weighted by atomic mass is 9.86. The molecule has 1 aromatic rings. The Morgan fingerprint density at radius 1 is 1.24 bits per heavy atom. The predicted molar refractivity (Wildman–Crippen MR) is 81.2 cm³/mol. The summed E-state index contributed by atoms with van der Waals surface area (Å²) in [5.74, 6) is 0.374. The van der Waals surface area contributed by atoms with Crippen molar-refractivity contribution < 1.29 is 13.5 Å². The zero-order valence-electron chi connectivity index (χ0n) is 13.2. The highest BCUT2D eigenvalue weighted by Gasteiger charge is 2.24. The molecule has 118 valence electrons. The average Bonchev–Trinajstić information content (AvgIpc) is 2.40. The molecule has 0 bridgehead atoms. The van der Waals surface area contributed by atoms with Crippen molar-refractivity contribution in [1.82, 2.24) is 4.90 Å². The van der Waals surface area contributed by atoms with Gasteiger partial charge in [0.25, 0.3) is 0 Å². The maximum Gasteiger partial charge on any atom is 0.126 e. The average molecular weight is 297 g/mol. The fraction of sp³-hybridized carbons (Fsp3) is 0.647. The number of hydrogen-bond acceptors (Lipinski definition) is 2. The first-order valence-electron chi connectivity index (χ1n) is 7.65. The first kappa shape index (κ1) is 16.2. The number of piperidine rings is 1. The van der Waals surface area contributed by atoms with E-state index in [-0.39, 0.29) is 24.0 Å². The lowest BCUT2D eigenvalue weighted by Crippen LogP contribution is -2.39. The third-order valence-electron chi connectivity index (χ3n) is 3.98. The molecule has 0 atom stereocenters. The van der Waals surface area contributed by atoms with Crippen molar-refractivity contribution in [2.45, 2.75) is 45.1 Å². The highest BCUT2D eigenvalue weighted by atomic mass is 19.1. The van der Waals surface area contributed by atoms with Crippen LogP contribution in [0.2, 0.25) is 0 Å². The summed E-state index contributed by atoms with van der Waals surface area (Å²) in [4.78, 5) is 2.11. The molecular formula is C17H25F2NO. The van der Waals surface area contributed by atoms with Gasteiger partial charge in [0.2, 0.25) is 0 Å². The van der Waals surface area contributed by atoms with E-state index < -0.39 is 0 Å². The number of alkyl halides is 1. The van der Waals surface area contributed by atoms with Gasteiger partial charge in [0.15, 0.2) is 0 Å². The monoisotopic (exact) mass is 297 g/mol. The van der Waals surface area contributed by atoms with Crippen LogP contribution in [-0.2, 0) is 5.41 Å². The zero-order valence-corrected chi connectivity index (χ0v) is 13.2. The highest BCUT2D eigenvalue weighted by Crippen LogP contribution is 2.33.